The van der Waals surface area contributed by atoms with E-state index in [4.69, 9.17) is 4.74 Å². The Labute approximate surface area is 141 Å². The minimum absolute atomic E-state index is 0.250. The van der Waals surface area contributed by atoms with Gasteiger partial charge in [0.25, 0.3) is 0 Å². The lowest BCUT2D eigenvalue weighted by atomic mass is 10.2. The standard InChI is InChI=1S/C17H23N5O2/c1-17(2,3)24-16(23)22-9-7-21(8-10-22)15-11-14(19-20-15)13-5-4-6-18-12-13/h4-6,11-12H,7-10H2,1-3H3,(H,19,20). The summed E-state index contributed by atoms with van der Waals surface area (Å²) in [6.45, 7) is 8.36. The summed E-state index contributed by atoms with van der Waals surface area (Å²) >= 11 is 0. The van der Waals surface area contributed by atoms with Crippen molar-refractivity contribution in [1.82, 2.24) is 20.1 Å². The molecule has 2 aromatic rings. The number of ether oxygens (including phenoxy) is 1. The van der Waals surface area contributed by atoms with Crippen LogP contribution in [0.25, 0.3) is 11.3 Å². The predicted molar refractivity (Wildman–Crippen MR) is 91.8 cm³/mol. The van der Waals surface area contributed by atoms with E-state index in [0.29, 0.717) is 13.1 Å². The summed E-state index contributed by atoms with van der Waals surface area (Å²) in [5, 5.41) is 7.43. The summed E-state index contributed by atoms with van der Waals surface area (Å²) in [4.78, 5) is 20.1. The number of amides is 1. The molecule has 0 bridgehead atoms. The molecule has 3 heterocycles. The number of pyridine rings is 1. The van der Waals surface area contributed by atoms with Crippen molar-refractivity contribution >= 4 is 11.9 Å². The lowest BCUT2D eigenvalue weighted by Crippen LogP contribution is -2.50. The maximum Gasteiger partial charge on any atom is 0.410 e. The maximum atomic E-state index is 12.1. The van der Waals surface area contributed by atoms with Gasteiger partial charge in [-0.05, 0) is 32.9 Å². The third-order valence-electron chi connectivity index (χ3n) is 3.79. The van der Waals surface area contributed by atoms with Gasteiger partial charge in [0, 0.05) is 50.2 Å². The lowest BCUT2D eigenvalue weighted by molar-refractivity contribution is 0.0240. The Morgan fingerprint density at radius 1 is 1.25 bits per heavy atom. The molecular weight excluding hydrogens is 306 g/mol. The van der Waals surface area contributed by atoms with Crippen LogP contribution in [-0.4, -0.2) is 58.0 Å². The average molecular weight is 329 g/mol. The van der Waals surface area contributed by atoms with Gasteiger partial charge in [-0.15, -0.1) is 0 Å². The molecule has 0 radical (unpaired) electrons. The summed E-state index contributed by atoms with van der Waals surface area (Å²) < 4.78 is 5.42. The summed E-state index contributed by atoms with van der Waals surface area (Å²) in [6, 6.07) is 5.90. The number of hydrogen-bond donors (Lipinski definition) is 1. The number of nitrogens with zero attached hydrogens (tertiary/aromatic N) is 4. The summed E-state index contributed by atoms with van der Waals surface area (Å²) in [5.41, 5.74) is 1.48. The number of hydrogen-bond acceptors (Lipinski definition) is 5. The number of carbonyl (C=O) groups is 1. The third kappa shape index (κ3) is 3.84. The van der Waals surface area contributed by atoms with Crippen molar-refractivity contribution in [3.63, 3.8) is 0 Å². The highest BCUT2D eigenvalue weighted by Crippen LogP contribution is 2.22. The molecule has 1 fully saturated rings. The number of rotatable bonds is 2. The molecule has 24 heavy (non-hydrogen) atoms. The Morgan fingerprint density at radius 3 is 2.62 bits per heavy atom. The van der Waals surface area contributed by atoms with E-state index < -0.39 is 5.60 Å². The van der Waals surface area contributed by atoms with E-state index in [-0.39, 0.29) is 6.09 Å². The van der Waals surface area contributed by atoms with Crippen molar-refractivity contribution in [1.29, 1.82) is 0 Å². The van der Waals surface area contributed by atoms with Gasteiger partial charge in [0.05, 0.1) is 5.69 Å². The van der Waals surface area contributed by atoms with Crippen LogP contribution in [0, 0.1) is 0 Å². The van der Waals surface area contributed by atoms with Crippen LogP contribution in [0.5, 0.6) is 0 Å². The molecule has 0 saturated carbocycles. The minimum atomic E-state index is -0.463. The van der Waals surface area contributed by atoms with Gasteiger partial charge in [-0.1, -0.05) is 0 Å². The summed E-state index contributed by atoms with van der Waals surface area (Å²) in [7, 11) is 0. The molecule has 1 aliphatic rings. The molecule has 0 spiro atoms. The molecule has 1 aliphatic heterocycles. The molecule has 2 aromatic heterocycles. The van der Waals surface area contributed by atoms with E-state index in [0.717, 1.165) is 30.2 Å². The molecule has 0 aromatic carbocycles. The van der Waals surface area contributed by atoms with Crippen LogP contribution >= 0.6 is 0 Å². The van der Waals surface area contributed by atoms with Crippen molar-refractivity contribution in [2.45, 2.75) is 26.4 Å². The van der Waals surface area contributed by atoms with Crippen LogP contribution in [0.3, 0.4) is 0 Å². The molecule has 7 heteroatoms. The number of H-pyrrole nitrogens is 1. The van der Waals surface area contributed by atoms with E-state index >= 15 is 0 Å². The molecule has 7 nitrogen and oxygen atoms in total. The number of piperazine rings is 1. The number of aromatic nitrogens is 3. The molecule has 128 valence electrons. The van der Waals surface area contributed by atoms with Crippen molar-refractivity contribution in [3.8, 4) is 11.3 Å². The van der Waals surface area contributed by atoms with Gasteiger partial charge < -0.3 is 14.5 Å². The summed E-state index contributed by atoms with van der Waals surface area (Å²) in [6.07, 6.45) is 3.30. The topological polar surface area (TPSA) is 74.3 Å². The lowest BCUT2D eigenvalue weighted by Gasteiger charge is -2.35. The largest absolute Gasteiger partial charge is 0.444 e. The first kappa shape index (κ1) is 16.3. The van der Waals surface area contributed by atoms with Gasteiger partial charge in [-0.25, -0.2) is 4.79 Å². The molecule has 1 N–H and O–H groups in total. The first-order chi connectivity index (χ1) is 11.4. The van der Waals surface area contributed by atoms with Crippen LogP contribution < -0.4 is 4.90 Å². The quantitative estimate of drug-likeness (QED) is 0.916. The highest BCUT2D eigenvalue weighted by molar-refractivity contribution is 5.69. The Hall–Kier alpha value is -2.57. The molecular formula is C17H23N5O2. The molecule has 0 atom stereocenters. The highest BCUT2D eigenvalue weighted by atomic mass is 16.6. The highest BCUT2D eigenvalue weighted by Gasteiger charge is 2.26. The van der Waals surface area contributed by atoms with Crippen molar-refractivity contribution in [3.05, 3.63) is 30.6 Å². The fourth-order valence-corrected chi connectivity index (χ4v) is 2.59. The van der Waals surface area contributed by atoms with Crippen LogP contribution in [-0.2, 0) is 4.74 Å². The SMILES string of the molecule is CC(C)(C)OC(=O)N1CCN(c2cc(-c3cccnc3)[nH]n2)CC1. The van der Waals surface area contributed by atoms with Gasteiger partial charge in [0.15, 0.2) is 5.82 Å². The zero-order valence-corrected chi connectivity index (χ0v) is 14.3. The van der Waals surface area contributed by atoms with E-state index in [1.165, 1.54) is 0 Å². The smallest absolute Gasteiger partial charge is 0.410 e. The van der Waals surface area contributed by atoms with Gasteiger partial charge in [-0.2, -0.15) is 5.10 Å². The van der Waals surface area contributed by atoms with Gasteiger partial charge in [0.2, 0.25) is 0 Å². The second-order valence-corrected chi connectivity index (χ2v) is 6.84. The van der Waals surface area contributed by atoms with E-state index in [1.807, 2.05) is 39.0 Å². The minimum Gasteiger partial charge on any atom is -0.444 e. The zero-order valence-electron chi connectivity index (χ0n) is 14.3. The Morgan fingerprint density at radius 2 is 2.00 bits per heavy atom. The van der Waals surface area contributed by atoms with Crippen LogP contribution in [0.1, 0.15) is 20.8 Å². The zero-order chi connectivity index (χ0) is 17.2. The molecule has 1 amide bonds. The van der Waals surface area contributed by atoms with E-state index in [9.17, 15) is 4.79 Å². The fraction of sp³-hybridized carbons (Fsp3) is 0.471. The van der Waals surface area contributed by atoms with E-state index in [2.05, 4.69) is 20.1 Å². The van der Waals surface area contributed by atoms with Crippen molar-refractivity contribution in [2.24, 2.45) is 0 Å². The van der Waals surface area contributed by atoms with Crippen LogP contribution in [0.15, 0.2) is 30.6 Å². The van der Waals surface area contributed by atoms with Crippen LogP contribution in [0.4, 0.5) is 10.6 Å². The number of aromatic amines is 1. The Balaban J connectivity index is 1.59. The molecule has 0 aliphatic carbocycles. The average Bonchev–Trinajstić information content (AvgIpc) is 3.04. The first-order valence-electron chi connectivity index (χ1n) is 8.11. The molecule has 1 saturated heterocycles. The van der Waals surface area contributed by atoms with Gasteiger partial charge in [-0.3, -0.25) is 10.1 Å². The Bertz CT molecular complexity index is 685. The second-order valence-electron chi connectivity index (χ2n) is 6.84. The predicted octanol–water partition coefficient (Wildman–Crippen LogP) is 2.53. The number of carbonyl (C=O) groups excluding carboxylic acids is 1. The van der Waals surface area contributed by atoms with E-state index in [1.54, 1.807) is 17.3 Å². The summed E-state index contributed by atoms with van der Waals surface area (Å²) in [5.74, 6) is 0.887. The monoisotopic (exact) mass is 329 g/mol. The third-order valence-corrected chi connectivity index (χ3v) is 3.79. The first-order valence-corrected chi connectivity index (χ1v) is 8.11. The maximum absolute atomic E-state index is 12.1. The normalized spacial score (nSPS) is 15.5. The second kappa shape index (κ2) is 6.51. The number of nitrogens with one attached hydrogen (secondary N) is 1. The Kier molecular flexibility index (Phi) is 4.42. The van der Waals surface area contributed by atoms with Gasteiger partial charge in [0.1, 0.15) is 5.60 Å². The molecule has 3 rings (SSSR count). The van der Waals surface area contributed by atoms with Gasteiger partial charge >= 0.3 is 6.09 Å². The van der Waals surface area contributed by atoms with Crippen LogP contribution in [0.2, 0.25) is 0 Å². The molecule has 0 unspecified atom stereocenters. The number of anilines is 1. The van der Waals surface area contributed by atoms with Crippen molar-refractivity contribution < 1.29 is 9.53 Å². The van der Waals surface area contributed by atoms with Crippen molar-refractivity contribution in [2.75, 3.05) is 31.1 Å². The fourth-order valence-electron chi connectivity index (χ4n) is 2.59.